The molecule has 0 spiro atoms. The van der Waals surface area contributed by atoms with E-state index < -0.39 is 0 Å². The zero-order valence-electron chi connectivity index (χ0n) is 6.59. The van der Waals surface area contributed by atoms with Crippen LogP contribution in [0.5, 0.6) is 0 Å². The van der Waals surface area contributed by atoms with Crippen LogP contribution in [0.3, 0.4) is 0 Å². The molecule has 2 heteroatoms. The van der Waals surface area contributed by atoms with Crippen LogP contribution in [-0.4, -0.2) is 4.98 Å². The Morgan fingerprint density at radius 3 is 2.91 bits per heavy atom. The fraction of sp³-hybridized carbons (Fsp3) is 0.222. The third-order valence-corrected chi connectivity index (χ3v) is 3.08. The van der Waals surface area contributed by atoms with Crippen LogP contribution in [0.2, 0.25) is 0 Å². The maximum atomic E-state index is 4.28. The minimum Gasteiger partial charge on any atom is -0.245 e. The molecular weight excluding hydrogens is 154 g/mol. The lowest BCUT2D eigenvalue weighted by Crippen LogP contribution is -1.71. The summed E-state index contributed by atoms with van der Waals surface area (Å²) in [6.07, 6.45) is 1.84. The highest BCUT2D eigenvalue weighted by atomic mass is 32.1. The van der Waals surface area contributed by atoms with Crippen molar-refractivity contribution in [1.82, 2.24) is 4.98 Å². The van der Waals surface area contributed by atoms with E-state index in [0.29, 0.717) is 0 Å². The zero-order chi connectivity index (χ0) is 7.84. The molecule has 0 aliphatic heterocycles. The summed E-state index contributed by atoms with van der Waals surface area (Å²) in [6.45, 7) is 4.29. The van der Waals surface area contributed by atoms with Crippen molar-refractivity contribution in [1.29, 1.82) is 0 Å². The Morgan fingerprint density at radius 2 is 2.18 bits per heavy atom. The Labute approximate surface area is 69.7 Å². The van der Waals surface area contributed by atoms with Crippen LogP contribution in [-0.2, 0) is 0 Å². The summed E-state index contributed by atoms with van der Waals surface area (Å²) in [5.41, 5.74) is 1.37. The van der Waals surface area contributed by atoms with E-state index in [4.69, 9.17) is 0 Å². The van der Waals surface area contributed by atoms with Gasteiger partial charge in [-0.2, -0.15) is 0 Å². The largest absolute Gasteiger partial charge is 0.245 e. The number of hydrogen-bond donors (Lipinski definition) is 0. The summed E-state index contributed by atoms with van der Waals surface area (Å²) in [5, 5.41) is 1.30. The van der Waals surface area contributed by atoms with Gasteiger partial charge in [-0.05, 0) is 25.5 Å². The standard InChI is InChI=1S/C9H9NS/c1-6-7(2)11-9-8(6)4-3-5-10-9/h3-5H,1-2H3. The number of hydrogen-bond acceptors (Lipinski definition) is 2. The van der Waals surface area contributed by atoms with Gasteiger partial charge in [-0.1, -0.05) is 6.07 Å². The van der Waals surface area contributed by atoms with Crippen LogP contribution < -0.4 is 0 Å². The lowest BCUT2D eigenvalue weighted by molar-refractivity contribution is 1.42. The molecule has 56 valence electrons. The Morgan fingerprint density at radius 1 is 1.36 bits per heavy atom. The van der Waals surface area contributed by atoms with Gasteiger partial charge in [0.05, 0.1) is 0 Å². The Kier molecular flexibility index (Phi) is 1.43. The minimum absolute atomic E-state index is 1.16. The van der Waals surface area contributed by atoms with E-state index in [1.54, 1.807) is 11.3 Å². The molecule has 0 aliphatic rings. The third kappa shape index (κ3) is 0.942. The molecule has 0 atom stereocenters. The minimum atomic E-state index is 1.16. The second-order valence-electron chi connectivity index (χ2n) is 2.64. The van der Waals surface area contributed by atoms with Crippen molar-refractivity contribution in [2.45, 2.75) is 13.8 Å². The van der Waals surface area contributed by atoms with Gasteiger partial charge >= 0.3 is 0 Å². The van der Waals surface area contributed by atoms with Crippen LogP contribution in [0.15, 0.2) is 18.3 Å². The Hall–Kier alpha value is -0.890. The molecule has 0 bridgehead atoms. The molecule has 0 radical (unpaired) electrons. The molecule has 1 nitrogen and oxygen atoms in total. The fourth-order valence-electron chi connectivity index (χ4n) is 1.17. The number of pyridine rings is 1. The molecule has 2 aromatic heterocycles. The number of aryl methyl sites for hydroxylation is 2. The van der Waals surface area contributed by atoms with Gasteiger partial charge in [0, 0.05) is 16.5 Å². The van der Waals surface area contributed by atoms with Gasteiger partial charge in [-0.25, -0.2) is 4.98 Å². The second kappa shape index (κ2) is 2.31. The summed E-state index contributed by atoms with van der Waals surface area (Å²) in [7, 11) is 0. The zero-order valence-corrected chi connectivity index (χ0v) is 7.40. The van der Waals surface area contributed by atoms with Gasteiger partial charge < -0.3 is 0 Å². The molecule has 0 amide bonds. The van der Waals surface area contributed by atoms with E-state index in [9.17, 15) is 0 Å². The number of nitrogens with zero attached hydrogens (tertiary/aromatic N) is 1. The summed E-state index contributed by atoms with van der Waals surface area (Å²) in [6, 6.07) is 4.11. The topological polar surface area (TPSA) is 12.9 Å². The van der Waals surface area contributed by atoms with Gasteiger partial charge in [0.25, 0.3) is 0 Å². The van der Waals surface area contributed by atoms with Crippen molar-refractivity contribution in [2.75, 3.05) is 0 Å². The van der Waals surface area contributed by atoms with Crippen LogP contribution in [0, 0.1) is 13.8 Å². The van der Waals surface area contributed by atoms with E-state index >= 15 is 0 Å². The molecule has 0 unspecified atom stereocenters. The van der Waals surface area contributed by atoms with Crippen LogP contribution in [0.1, 0.15) is 10.4 Å². The van der Waals surface area contributed by atoms with Crippen molar-refractivity contribution >= 4 is 21.6 Å². The van der Waals surface area contributed by atoms with Gasteiger partial charge in [0.15, 0.2) is 0 Å². The first-order valence-electron chi connectivity index (χ1n) is 3.60. The van der Waals surface area contributed by atoms with E-state index in [2.05, 4.69) is 24.9 Å². The first kappa shape index (κ1) is 6.80. The molecule has 2 rings (SSSR count). The Bertz CT molecular complexity index is 389. The molecule has 0 aromatic carbocycles. The fourth-order valence-corrected chi connectivity index (χ4v) is 2.17. The van der Waals surface area contributed by atoms with E-state index in [-0.39, 0.29) is 0 Å². The molecular formula is C9H9NS. The van der Waals surface area contributed by atoms with E-state index in [1.807, 2.05) is 12.3 Å². The molecule has 0 fully saturated rings. The lowest BCUT2D eigenvalue weighted by atomic mass is 10.2. The predicted octanol–water partition coefficient (Wildman–Crippen LogP) is 2.91. The molecule has 0 N–H and O–H groups in total. The van der Waals surface area contributed by atoms with E-state index in [1.165, 1.54) is 15.8 Å². The van der Waals surface area contributed by atoms with Crippen LogP contribution in [0.4, 0.5) is 0 Å². The highest BCUT2D eigenvalue weighted by molar-refractivity contribution is 7.18. The average molecular weight is 163 g/mol. The monoisotopic (exact) mass is 163 g/mol. The van der Waals surface area contributed by atoms with Crippen LogP contribution >= 0.6 is 11.3 Å². The maximum Gasteiger partial charge on any atom is 0.123 e. The number of rotatable bonds is 0. The van der Waals surface area contributed by atoms with Gasteiger partial charge in [0.2, 0.25) is 0 Å². The van der Waals surface area contributed by atoms with Gasteiger partial charge in [0.1, 0.15) is 4.83 Å². The van der Waals surface area contributed by atoms with Crippen molar-refractivity contribution in [2.24, 2.45) is 0 Å². The molecule has 2 heterocycles. The summed E-state index contributed by atoms with van der Waals surface area (Å²) in [4.78, 5) is 6.81. The molecule has 0 saturated carbocycles. The predicted molar refractivity (Wildman–Crippen MR) is 49.1 cm³/mol. The van der Waals surface area contributed by atoms with E-state index in [0.717, 1.165) is 4.83 Å². The average Bonchev–Trinajstić information content (AvgIpc) is 2.30. The normalized spacial score (nSPS) is 10.7. The van der Waals surface area contributed by atoms with Crippen molar-refractivity contribution in [3.63, 3.8) is 0 Å². The van der Waals surface area contributed by atoms with Crippen LogP contribution in [0.25, 0.3) is 10.2 Å². The second-order valence-corrected chi connectivity index (χ2v) is 3.84. The molecule has 11 heavy (non-hydrogen) atoms. The lowest BCUT2D eigenvalue weighted by Gasteiger charge is -1.87. The first-order chi connectivity index (χ1) is 5.29. The van der Waals surface area contributed by atoms with Gasteiger partial charge in [-0.3, -0.25) is 0 Å². The third-order valence-electron chi connectivity index (χ3n) is 1.95. The maximum absolute atomic E-state index is 4.28. The van der Waals surface area contributed by atoms with Crippen molar-refractivity contribution in [3.8, 4) is 0 Å². The first-order valence-corrected chi connectivity index (χ1v) is 4.41. The van der Waals surface area contributed by atoms with Crippen molar-refractivity contribution < 1.29 is 0 Å². The van der Waals surface area contributed by atoms with Gasteiger partial charge in [-0.15, -0.1) is 11.3 Å². The molecule has 0 saturated heterocycles. The number of aromatic nitrogens is 1. The van der Waals surface area contributed by atoms with Crippen molar-refractivity contribution in [3.05, 3.63) is 28.8 Å². The SMILES string of the molecule is Cc1sc2ncccc2c1C. The Balaban J connectivity index is 2.92. The smallest absolute Gasteiger partial charge is 0.123 e. The summed E-state index contributed by atoms with van der Waals surface area (Å²) in [5.74, 6) is 0. The molecule has 2 aromatic rings. The quantitative estimate of drug-likeness (QED) is 0.582. The highest BCUT2D eigenvalue weighted by Crippen LogP contribution is 2.27. The number of thiophene rings is 1. The highest BCUT2D eigenvalue weighted by Gasteiger charge is 2.03. The summed E-state index contributed by atoms with van der Waals surface area (Å²) >= 11 is 1.77. The summed E-state index contributed by atoms with van der Waals surface area (Å²) < 4.78 is 0. The molecule has 0 aliphatic carbocycles. The number of fused-ring (bicyclic) bond motifs is 1.